The van der Waals surface area contributed by atoms with Gasteiger partial charge in [0.1, 0.15) is 5.75 Å². The fraction of sp³-hybridized carbons (Fsp3) is 0. The second kappa shape index (κ2) is 6.91. The highest BCUT2D eigenvalue weighted by Gasteiger charge is 1.99. The molecule has 70 valence electrons. The molecule has 3 nitrogen and oxygen atoms in total. The molecule has 0 atom stereocenters. The summed E-state index contributed by atoms with van der Waals surface area (Å²) in [6.45, 7) is 0. The van der Waals surface area contributed by atoms with Crippen LogP contribution < -0.4 is 4.52 Å². The lowest BCUT2D eigenvalue weighted by atomic mass is 10.3. The average molecular weight is 198 g/mol. The number of para-hydroxylation sites is 1. The largest absolute Gasteiger partial charge is 0.427 e. The molecule has 1 aromatic rings. The van der Waals surface area contributed by atoms with Crippen LogP contribution in [0, 0.1) is 0 Å². The van der Waals surface area contributed by atoms with E-state index in [9.17, 15) is 0 Å². The van der Waals surface area contributed by atoms with Gasteiger partial charge in [0, 0.05) is 0 Å². The zero-order chi connectivity index (χ0) is 7.40. The second-order valence-corrected chi connectivity index (χ2v) is 2.35. The Balaban J connectivity index is 0. The summed E-state index contributed by atoms with van der Waals surface area (Å²) in [5.74, 6) is 0.471. The van der Waals surface area contributed by atoms with Gasteiger partial charge < -0.3 is 14.3 Å². The molecule has 0 saturated heterocycles. The van der Waals surface area contributed by atoms with Gasteiger partial charge in [-0.3, -0.25) is 9.41 Å². The molecule has 0 aliphatic heterocycles. The van der Waals surface area contributed by atoms with Crippen molar-refractivity contribution in [3.63, 3.8) is 0 Å². The summed E-state index contributed by atoms with van der Waals surface area (Å²) < 4.78 is 4.59. The van der Waals surface area contributed by atoms with Crippen LogP contribution in [0.15, 0.2) is 30.3 Å². The molecule has 0 aliphatic rings. The zero-order valence-electron chi connectivity index (χ0n) is 5.95. The Hall–Kier alpha value is -0.770. The topological polar surface area (TPSA) is 49.7 Å². The Morgan fingerprint density at radius 1 is 1.00 bits per heavy atom. The van der Waals surface area contributed by atoms with Crippen LogP contribution >= 0.6 is 8.60 Å². The molecule has 0 amide bonds. The average Bonchev–Trinajstić information content (AvgIpc) is 1.88. The van der Waals surface area contributed by atoms with Crippen molar-refractivity contribution >= 4 is 8.60 Å². The fourth-order valence-corrected chi connectivity index (χ4v) is 0.886. The Morgan fingerprint density at radius 3 is 1.92 bits per heavy atom. The number of rotatable bonds is 2. The number of hydrogen-bond acceptors (Lipinski definition) is 3. The minimum atomic E-state index is -2.28. The van der Waals surface area contributed by atoms with E-state index in [0.29, 0.717) is 5.75 Å². The van der Waals surface area contributed by atoms with Crippen molar-refractivity contribution < 1.29 is 23.7 Å². The maximum Gasteiger partial charge on any atom is 0.391 e. The summed E-state index contributed by atoms with van der Waals surface area (Å²) in [6, 6.07) is 8.65. The van der Waals surface area contributed by atoms with Gasteiger partial charge in [-0.25, -0.2) is 0 Å². The molecule has 0 aromatic heterocycles. The predicted molar refractivity (Wildman–Crippen MR) is 43.4 cm³/mol. The van der Waals surface area contributed by atoms with Crippen LogP contribution in [0.25, 0.3) is 0 Å². The van der Waals surface area contributed by atoms with Crippen molar-refractivity contribution in [1.29, 1.82) is 0 Å². The molecular formula is C6H9F2O3P. The lowest BCUT2D eigenvalue weighted by Crippen LogP contribution is -1.82. The molecular weight excluding hydrogens is 189 g/mol. The van der Waals surface area contributed by atoms with Gasteiger partial charge in [-0.05, 0) is 12.1 Å². The van der Waals surface area contributed by atoms with Gasteiger partial charge in [0.15, 0.2) is 0 Å². The summed E-state index contributed by atoms with van der Waals surface area (Å²) >= 11 is 0. The smallest absolute Gasteiger partial charge is 0.391 e. The number of hydrogen-bond donors (Lipinski definition) is 2. The monoisotopic (exact) mass is 198 g/mol. The van der Waals surface area contributed by atoms with E-state index in [4.69, 9.17) is 9.79 Å². The highest BCUT2D eigenvalue weighted by Crippen LogP contribution is 2.27. The SMILES string of the molecule is F.F.OP(O)Oc1ccccc1. The quantitative estimate of drug-likeness (QED) is 0.709. The molecule has 0 spiro atoms. The third kappa shape index (κ3) is 4.96. The van der Waals surface area contributed by atoms with Gasteiger partial charge in [0.05, 0.1) is 0 Å². The molecule has 0 bridgehead atoms. The molecule has 6 heteroatoms. The molecule has 0 fully saturated rings. The summed E-state index contributed by atoms with van der Waals surface area (Å²) in [7, 11) is -2.28. The van der Waals surface area contributed by atoms with E-state index in [0.717, 1.165) is 0 Å². The first-order valence-electron chi connectivity index (χ1n) is 2.70. The minimum absolute atomic E-state index is 0. The van der Waals surface area contributed by atoms with Crippen molar-refractivity contribution in [2.75, 3.05) is 0 Å². The van der Waals surface area contributed by atoms with E-state index in [1.807, 2.05) is 6.07 Å². The lowest BCUT2D eigenvalue weighted by Gasteiger charge is -2.02. The molecule has 0 aliphatic carbocycles. The summed E-state index contributed by atoms with van der Waals surface area (Å²) in [6.07, 6.45) is 0. The van der Waals surface area contributed by atoms with Crippen LogP contribution in [0.4, 0.5) is 9.41 Å². The summed E-state index contributed by atoms with van der Waals surface area (Å²) in [4.78, 5) is 16.8. The van der Waals surface area contributed by atoms with Crippen molar-refractivity contribution in [3.05, 3.63) is 30.3 Å². The molecule has 1 aromatic carbocycles. The van der Waals surface area contributed by atoms with E-state index in [2.05, 4.69) is 4.52 Å². The molecule has 0 saturated carbocycles. The van der Waals surface area contributed by atoms with E-state index >= 15 is 0 Å². The molecule has 0 unspecified atom stereocenters. The molecule has 0 radical (unpaired) electrons. The van der Waals surface area contributed by atoms with Gasteiger partial charge in [0.2, 0.25) is 0 Å². The van der Waals surface area contributed by atoms with E-state index in [1.54, 1.807) is 24.3 Å². The Bertz CT molecular complexity index is 195. The van der Waals surface area contributed by atoms with Crippen LogP contribution in [0.1, 0.15) is 0 Å². The van der Waals surface area contributed by atoms with Crippen molar-refractivity contribution in [3.8, 4) is 5.75 Å². The normalized spacial score (nSPS) is 8.25. The minimum Gasteiger partial charge on any atom is -0.427 e. The fourth-order valence-electron chi connectivity index (χ4n) is 0.576. The van der Waals surface area contributed by atoms with Gasteiger partial charge >= 0.3 is 8.60 Å². The molecule has 1 rings (SSSR count). The van der Waals surface area contributed by atoms with Crippen molar-refractivity contribution in [2.24, 2.45) is 0 Å². The molecule has 0 heterocycles. The van der Waals surface area contributed by atoms with Gasteiger partial charge in [-0.1, -0.05) is 18.2 Å². The van der Waals surface area contributed by atoms with Gasteiger partial charge in [-0.2, -0.15) is 0 Å². The first-order chi connectivity index (χ1) is 4.79. The highest BCUT2D eigenvalue weighted by molar-refractivity contribution is 7.39. The second-order valence-electron chi connectivity index (χ2n) is 1.66. The first kappa shape index (κ1) is 13.8. The first-order valence-corrected chi connectivity index (χ1v) is 3.86. The maximum atomic E-state index is 8.40. The Kier molecular flexibility index (Phi) is 7.94. The third-order valence-corrected chi connectivity index (χ3v) is 1.30. The van der Waals surface area contributed by atoms with Gasteiger partial charge in [0.25, 0.3) is 0 Å². The van der Waals surface area contributed by atoms with E-state index < -0.39 is 8.60 Å². The van der Waals surface area contributed by atoms with Crippen LogP contribution in [0.5, 0.6) is 5.75 Å². The third-order valence-electron chi connectivity index (χ3n) is 0.930. The van der Waals surface area contributed by atoms with Crippen molar-refractivity contribution in [1.82, 2.24) is 0 Å². The van der Waals surface area contributed by atoms with E-state index in [-0.39, 0.29) is 9.41 Å². The van der Waals surface area contributed by atoms with Gasteiger partial charge in [-0.15, -0.1) is 0 Å². The summed E-state index contributed by atoms with van der Waals surface area (Å²) in [5, 5.41) is 0. The zero-order valence-corrected chi connectivity index (χ0v) is 6.85. The van der Waals surface area contributed by atoms with Crippen LogP contribution in [-0.2, 0) is 0 Å². The Morgan fingerprint density at radius 2 is 1.50 bits per heavy atom. The predicted octanol–water partition coefficient (Wildman–Crippen LogP) is 1.58. The maximum absolute atomic E-state index is 8.40. The molecule has 12 heavy (non-hydrogen) atoms. The lowest BCUT2D eigenvalue weighted by molar-refractivity contribution is 0.375. The summed E-state index contributed by atoms with van der Waals surface area (Å²) in [5.41, 5.74) is 0. The highest BCUT2D eigenvalue weighted by atomic mass is 31.2. The number of benzene rings is 1. The van der Waals surface area contributed by atoms with Crippen LogP contribution in [0.2, 0.25) is 0 Å². The van der Waals surface area contributed by atoms with Crippen molar-refractivity contribution in [2.45, 2.75) is 0 Å². The van der Waals surface area contributed by atoms with Crippen LogP contribution in [-0.4, -0.2) is 9.79 Å². The van der Waals surface area contributed by atoms with Crippen LogP contribution in [0.3, 0.4) is 0 Å². The standard InChI is InChI=1S/C6H7O3P.2FH/c7-10(8)9-6-4-2-1-3-5-6;;/h1-5,7-8H;2*1H. The van der Waals surface area contributed by atoms with E-state index in [1.165, 1.54) is 0 Å². The Labute approximate surface area is 69.4 Å². The number of halogens is 2. The molecule has 2 N–H and O–H groups in total.